The maximum Gasteiger partial charge on any atom is 0.416 e. The molecule has 0 spiro atoms. The molecule has 1 atom stereocenters. The highest BCUT2D eigenvalue weighted by atomic mass is 35.5. The Hall–Kier alpha value is -3.01. The predicted molar refractivity (Wildman–Crippen MR) is 145 cm³/mol. The molecule has 2 aromatic carbocycles. The second-order valence-electron chi connectivity index (χ2n) is 9.33. The summed E-state index contributed by atoms with van der Waals surface area (Å²) in [6.45, 7) is 2.82. The quantitative estimate of drug-likeness (QED) is 0.301. The largest absolute Gasteiger partial charge is 0.487 e. The fourth-order valence-corrected chi connectivity index (χ4v) is 5.22. The fraction of sp³-hybridized carbons (Fsp3) is 0.357. The van der Waals surface area contributed by atoms with Gasteiger partial charge in [0.2, 0.25) is 11.8 Å². The topological polar surface area (TPSA) is 77.7 Å². The van der Waals surface area contributed by atoms with Crippen molar-refractivity contribution >= 4 is 34.8 Å². The van der Waals surface area contributed by atoms with Gasteiger partial charge in [0.25, 0.3) is 0 Å². The average molecular weight is 582 g/mol. The summed E-state index contributed by atoms with van der Waals surface area (Å²) >= 11 is 12.4. The Morgan fingerprint density at radius 1 is 1.10 bits per heavy atom. The number of nitrogens with two attached hydrogens (primary N) is 1. The van der Waals surface area contributed by atoms with E-state index in [0.717, 1.165) is 23.3 Å². The minimum absolute atomic E-state index is 0.0883. The van der Waals surface area contributed by atoms with Crippen LogP contribution in [-0.2, 0) is 23.8 Å². The van der Waals surface area contributed by atoms with Gasteiger partial charge in [-0.3, -0.25) is 4.79 Å². The van der Waals surface area contributed by atoms with Gasteiger partial charge < -0.3 is 20.1 Å². The molecule has 0 saturated carbocycles. The Morgan fingerprint density at radius 3 is 2.46 bits per heavy atom. The summed E-state index contributed by atoms with van der Waals surface area (Å²) in [4.78, 5) is 19.2. The molecule has 4 rings (SSSR count). The Bertz CT molecular complexity index is 1300. The molecule has 2 heterocycles. The number of carbonyl (C=O) groups is 1. The molecule has 3 aromatic rings. The minimum Gasteiger partial charge on any atom is -0.487 e. The Labute approximate surface area is 234 Å². The van der Waals surface area contributed by atoms with Gasteiger partial charge in [-0.2, -0.15) is 13.2 Å². The van der Waals surface area contributed by atoms with Gasteiger partial charge >= 0.3 is 6.18 Å². The average Bonchev–Trinajstić information content (AvgIpc) is 2.90. The van der Waals surface area contributed by atoms with Crippen LogP contribution in [0.3, 0.4) is 0 Å². The van der Waals surface area contributed by atoms with Crippen molar-refractivity contribution in [3.05, 3.63) is 81.0 Å². The molecule has 0 fully saturated rings. The van der Waals surface area contributed by atoms with Crippen LogP contribution in [0.5, 0.6) is 11.6 Å². The lowest BCUT2D eigenvalue weighted by atomic mass is 9.94. The van der Waals surface area contributed by atoms with E-state index in [9.17, 15) is 18.0 Å². The highest BCUT2D eigenvalue weighted by Crippen LogP contribution is 2.36. The van der Waals surface area contributed by atoms with Crippen molar-refractivity contribution in [2.24, 2.45) is 11.7 Å². The summed E-state index contributed by atoms with van der Waals surface area (Å²) in [6.07, 6.45) is -1.42. The first-order valence-corrected chi connectivity index (χ1v) is 13.2. The molecular weight excluding hydrogens is 554 g/mol. The van der Waals surface area contributed by atoms with Crippen LogP contribution in [0.25, 0.3) is 0 Å². The number of anilines is 1. The standard InChI is InChI=1S/C28H28Cl2F3N3O3/c1-17-11-22(29)26(23(30)12-17)39-10-9-38-25-7-4-18(16-35-25)13-20(15-34)27(37)36-8-2-3-19-14-21(28(31,32)33)5-6-24(19)36/h4-7,11-12,14,16,20H,2-3,8-10,13,15,34H2,1H3. The number of halogens is 5. The number of carbonyl (C=O) groups excluding carboxylic acids is 1. The number of rotatable bonds is 9. The van der Waals surface area contributed by atoms with E-state index in [1.807, 2.05) is 6.92 Å². The van der Waals surface area contributed by atoms with E-state index in [0.29, 0.717) is 58.7 Å². The van der Waals surface area contributed by atoms with Crippen LogP contribution >= 0.6 is 23.2 Å². The zero-order valence-electron chi connectivity index (χ0n) is 21.2. The molecule has 208 valence electrons. The van der Waals surface area contributed by atoms with E-state index in [2.05, 4.69) is 4.98 Å². The van der Waals surface area contributed by atoms with Gasteiger partial charge in [0, 0.05) is 31.0 Å². The third kappa shape index (κ3) is 7.15. The molecule has 0 saturated heterocycles. The van der Waals surface area contributed by atoms with E-state index in [1.54, 1.807) is 35.4 Å². The molecule has 1 unspecified atom stereocenters. The third-order valence-corrected chi connectivity index (χ3v) is 6.99. The second kappa shape index (κ2) is 12.4. The first-order valence-electron chi connectivity index (χ1n) is 12.4. The highest BCUT2D eigenvalue weighted by molar-refractivity contribution is 6.37. The molecule has 39 heavy (non-hydrogen) atoms. The molecule has 0 aliphatic carbocycles. The number of amides is 1. The van der Waals surface area contributed by atoms with Crippen molar-refractivity contribution in [1.82, 2.24) is 4.98 Å². The summed E-state index contributed by atoms with van der Waals surface area (Å²) in [7, 11) is 0. The van der Waals surface area contributed by atoms with Crippen molar-refractivity contribution in [1.29, 1.82) is 0 Å². The Morgan fingerprint density at radius 2 is 1.82 bits per heavy atom. The van der Waals surface area contributed by atoms with Crippen LogP contribution < -0.4 is 20.1 Å². The third-order valence-electron chi connectivity index (χ3n) is 6.43. The predicted octanol–water partition coefficient (Wildman–Crippen LogP) is 6.27. The molecule has 0 radical (unpaired) electrons. The summed E-state index contributed by atoms with van der Waals surface area (Å²) in [5.74, 6) is 0.00304. The van der Waals surface area contributed by atoms with Crippen LogP contribution in [0.4, 0.5) is 18.9 Å². The smallest absolute Gasteiger partial charge is 0.416 e. The number of benzene rings is 2. The van der Waals surface area contributed by atoms with Crippen LogP contribution in [-0.4, -0.2) is 37.2 Å². The van der Waals surface area contributed by atoms with Crippen molar-refractivity contribution in [3.8, 4) is 11.6 Å². The zero-order chi connectivity index (χ0) is 28.2. The van der Waals surface area contributed by atoms with Crippen molar-refractivity contribution < 1.29 is 27.4 Å². The summed E-state index contributed by atoms with van der Waals surface area (Å²) in [5.41, 5.74) is 7.96. The molecule has 2 N–H and O–H groups in total. The van der Waals surface area contributed by atoms with Gasteiger partial charge in [-0.25, -0.2) is 4.98 Å². The number of nitrogens with zero attached hydrogens (tertiary/aromatic N) is 2. The first-order chi connectivity index (χ1) is 18.6. The molecule has 1 amide bonds. The zero-order valence-corrected chi connectivity index (χ0v) is 22.7. The van der Waals surface area contributed by atoms with E-state index in [4.69, 9.17) is 38.4 Å². The summed E-state index contributed by atoms with van der Waals surface area (Å²) in [6, 6.07) is 10.5. The number of aryl methyl sites for hydroxylation is 2. The Balaban J connectivity index is 1.33. The highest BCUT2D eigenvalue weighted by Gasteiger charge is 2.33. The maximum absolute atomic E-state index is 13.3. The molecule has 11 heteroatoms. The molecular formula is C28H28Cl2F3N3O3. The number of aromatic nitrogens is 1. The van der Waals surface area contributed by atoms with Gasteiger partial charge in [-0.15, -0.1) is 0 Å². The van der Waals surface area contributed by atoms with Crippen molar-refractivity contribution in [2.45, 2.75) is 32.4 Å². The van der Waals surface area contributed by atoms with E-state index in [1.165, 1.54) is 6.07 Å². The minimum atomic E-state index is -4.43. The molecule has 1 aliphatic heterocycles. The first kappa shape index (κ1) is 29.0. The van der Waals surface area contributed by atoms with Crippen LogP contribution in [0.2, 0.25) is 10.0 Å². The van der Waals surface area contributed by atoms with Gasteiger partial charge in [0.15, 0.2) is 5.75 Å². The lowest BCUT2D eigenvalue weighted by molar-refractivity contribution is -0.137. The number of pyridine rings is 1. The van der Waals surface area contributed by atoms with E-state index < -0.39 is 17.7 Å². The monoisotopic (exact) mass is 581 g/mol. The molecule has 0 bridgehead atoms. The normalized spacial score (nSPS) is 14.1. The number of ether oxygens (including phenoxy) is 2. The Kier molecular flexibility index (Phi) is 9.25. The number of alkyl halides is 3. The number of hydrogen-bond donors (Lipinski definition) is 1. The van der Waals surface area contributed by atoms with Gasteiger partial charge in [-0.05, 0) is 73.2 Å². The van der Waals surface area contributed by atoms with E-state index in [-0.39, 0.29) is 25.7 Å². The van der Waals surface area contributed by atoms with Gasteiger partial charge in [0.05, 0.1) is 21.5 Å². The van der Waals surface area contributed by atoms with Gasteiger partial charge in [0.1, 0.15) is 13.2 Å². The summed E-state index contributed by atoms with van der Waals surface area (Å²) < 4.78 is 50.7. The lowest BCUT2D eigenvalue weighted by Crippen LogP contribution is -2.43. The fourth-order valence-electron chi connectivity index (χ4n) is 4.51. The lowest BCUT2D eigenvalue weighted by Gasteiger charge is -2.32. The number of hydrogen-bond acceptors (Lipinski definition) is 5. The van der Waals surface area contributed by atoms with Crippen LogP contribution in [0.1, 0.15) is 28.7 Å². The van der Waals surface area contributed by atoms with E-state index >= 15 is 0 Å². The maximum atomic E-state index is 13.3. The molecule has 1 aromatic heterocycles. The van der Waals surface area contributed by atoms with Crippen LogP contribution in [0, 0.1) is 12.8 Å². The van der Waals surface area contributed by atoms with Gasteiger partial charge in [-0.1, -0.05) is 29.3 Å². The number of fused-ring (bicyclic) bond motifs is 1. The molecule has 1 aliphatic rings. The summed E-state index contributed by atoms with van der Waals surface area (Å²) in [5, 5.41) is 0.844. The van der Waals surface area contributed by atoms with Crippen LogP contribution in [0.15, 0.2) is 48.7 Å². The van der Waals surface area contributed by atoms with Crippen molar-refractivity contribution in [3.63, 3.8) is 0 Å². The van der Waals surface area contributed by atoms with Crippen molar-refractivity contribution in [2.75, 3.05) is 31.2 Å². The second-order valence-corrected chi connectivity index (χ2v) is 10.1. The molecule has 6 nitrogen and oxygen atoms in total. The SMILES string of the molecule is Cc1cc(Cl)c(OCCOc2ccc(CC(CN)C(=O)N3CCCc4cc(C(F)(F)F)ccc43)cn2)c(Cl)c1.